The van der Waals surface area contributed by atoms with E-state index in [1.807, 2.05) is 30.3 Å². The van der Waals surface area contributed by atoms with Gasteiger partial charge in [-0.05, 0) is 35.1 Å². The van der Waals surface area contributed by atoms with Crippen LogP contribution in [0.15, 0.2) is 54.6 Å². The van der Waals surface area contributed by atoms with E-state index >= 15 is 0 Å². The first-order chi connectivity index (χ1) is 10.1. The van der Waals surface area contributed by atoms with Crippen LogP contribution in [0.5, 0.6) is 5.75 Å². The molecule has 0 amide bonds. The van der Waals surface area contributed by atoms with Gasteiger partial charge in [-0.25, -0.2) is 0 Å². The third-order valence-electron chi connectivity index (χ3n) is 4.00. The predicted molar refractivity (Wildman–Crippen MR) is 88.4 cm³/mol. The first kappa shape index (κ1) is 15.6. The lowest BCUT2D eigenvalue weighted by atomic mass is 9.87. The Morgan fingerprint density at radius 2 is 1.52 bits per heavy atom. The number of benzene rings is 2. The average molecular weight is 283 g/mol. The highest BCUT2D eigenvalue weighted by Crippen LogP contribution is 2.24. The Labute approximate surface area is 127 Å². The normalized spacial score (nSPS) is 14.0. The van der Waals surface area contributed by atoms with E-state index in [1.54, 1.807) is 0 Å². The molecule has 0 saturated heterocycles. The topological polar surface area (TPSA) is 35.2 Å². The summed E-state index contributed by atoms with van der Waals surface area (Å²) in [7, 11) is 0. The van der Waals surface area contributed by atoms with Gasteiger partial charge in [-0.1, -0.05) is 63.2 Å². The first-order valence-electron chi connectivity index (χ1n) is 7.60. The fourth-order valence-corrected chi connectivity index (χ4v) is 2.41. The van der Waals surface area contributed by atoms with Crippen LogP contribution in [-0.2, 0) is 6.61 Å². The molecule has 2 rings (SSSR count). The highest BCUT2D eigenvalue weighted by atomic mass is 16.5. The molecule has 0 aliphatic heterocycles. The Morgan fingerprint density at radius 3 is 2.10 bits per heavy atom. The molecule has 2 aromatic rings. The lowest BCUT2D eigenvalue weighted by Gasteiger charge is -2.23. The summed E-state index contributed by atoms with van der Waals surface area (Å²) in [6, 6.07) is 18.7. The van der Waals surface area contributed by atoms with Crippen molar-refractivity contribution in [3.05, 3.63) is 65.7 Å². The Bertz CT molecular complexity index is 533. The van der Waals surface area contributed by atoms with Gasteiger partial charge < -0.3 is 10.5 Å². The second kappa shape index (κ2) is 7.28. The molecule has 0 heterocycles. The summed E-state index contributed by atoms with van der Waals surface area (Å²) in [6.07, 6.45) is 0. The largest absolute Gasteiger partial charge is 0.489 e. The van der Waals surface area contributed by atoms with Crippen LogP contribution in [0, 0.1) is 5.92 Å². The molecule has 2 atom stereocenters. The maximum atomic E-state index is 6.23. The minimum Gasteiger partial charge on any atom is -0.489 e. The number of ether oxygens (including phenoxy) is 1. The van der Waals surface area contributed by atoms with E-state index in [1.165, 1.54) is 11.1 Å². The van der Waals surface area contributed by atoms with E-state index in [0.29, 0.717) is 18.4 Å². The summed E-state index contributed by atoms with van der Waals surface area (Å²) in [4.78, 5) is 0. The quantitative estimate of drug-likeness (QED) is 0.855. The lowest BCUT2D eigenvalue weighted by molar-refractivity contribution is 0.306. The number of rotatable bonds is 6. The molecule has 0 saturated carbocycles. The first-order valence-corrected chi connectivity index (χ1v) is 7.60. The van der Waals surface area contributed by atoms with Crippen LogP contribution >= 0.6 is 0 Å². The van der Waals surface area contributed by atoms with E-state index in [2.05, 4.69) is 45.0 Å². The molecule has 2 N–H and O–H groups in total. The van der Waals surface area contributed by atoms with Gasteiger partial charge in [0.2, 0.25) is 0 Å². The summed E-state index contributed by atoms with van der Waals surface area (Å²) >= 11 is 0. The maximum Gasteiger partial charge on any atom is 0.119 e. The number of hydrogen-bond acceptors (Lipinski definition) is 2. The van der Waals surface area contributed by atoms with Crippen molar-refractivity contribution in [3.8, 4) is 5.75 Å². The van der Waals surface area contributed by atoms with Crippen LogP contribution in [0.2, 0.25) is 0 Å². The van der Waals surface area contributed by atoms with Crippen LogP contribution in [0.1, 0.15) is 37.8 Å². The zero-order valence-corrected chi connectivity index (χ0v) is 13.1. The predicted octanol–water partition coefficient (Wildman–Crippen LogP) is 4.35. The van der Waals surface area contributed by atoms with E-state index < -0.39 is 0 Å². The van der Waals surface area contributed by atoms with Crippen molar-refractivity contribution in [1.82, 2.24) is 0 Å². The Hall–Kier alpha value is -1.80. The molecular weight excluding hydrogens is 258 g/mol. The molecule has 2 aromatic carbocycles. The van der Waals surface area contributed by atoms with Gasteiger partial charge in [-0.3, -0.25) is 0 Å². The van der Waals surface area contributed by atoms with Gasteiger partial charge in [0.15, 0.2) is 0 Å². The van der Waals surface area contributed by atoms with Crippen molar-refractivity contribution < 1.29 is 4.74 Å². The zero-order chi connectivity index (χ0) is 15.2. The molecule has 2 unspecified atom stereocenters. The molecule has 0 aliphatic rings. The summed E-state index contributed by atoms with van der Waals surface area (Å²) in [5.74, 6) is 1.73. The molecular formula is C19H25NO. The zero-order valence-electron chi connectivity index (χ0n) is 13.1. The van der Waals surface area contributed by atoms with Gasteiger partial charge in [0.05, 0.1) is 0 Å². The van der Waals surface area contributed by atoms with Crippen LogP contribution in [-0.4, -0.2) is 6.04 Å². The number of hydrogen-bond donors (Lipinski definition) is 1. The van der Waals surface area contributed by atoms with Crippen molar-refractivity contribution in [2.24, 2.45) is 11.7 Å². The van der Waals surface area contributed by atoms with Gasteiger partial charge >= 0.3 is 0 Å². The van der Waals surface area contributed by atoms with Gasteiger partial charge in [0, 0.05) is 6.04 Å². The van der Waals surface area contributed by atoms with Crippen molar-refractivity contribution >= 4 is 0 Å². The molecule has 0 aliphatic carbocycles. The smallest absolute Gasteiger partial charge is 0.119 e. The minimum atomic E-state index is 0.182. The third-order valence-corrected chi connectivity index (χ3v) is 4.00. The molecule has 0 aromatic heterocycles. The highest BCUT2D eigenvalue weighted by molar-refractivity contribution is 5.30. The fourth-order valence-electron chi connectivity index (χ4n) is 2.41. The van der Waals surface area contributed by atoms with Gasteiger partial charge in [-0.2, -0.15) is 0 Å². The summed E-state index contributed by atoms with van der Waals surface area (Å²) in [6.45, 7) is 7.11. The monoisotopic (exact) mass is 283 g/mol. The highest BCUT2D eigenvalue weighted by Gasteiger charge is 2.17. The molecule has 2 nitrogen and oxygen atoms in total. The van der Waals surface area contributed by atoms with Crippen molar-refractivity contribution in [1.29, 1.82) is 0 Å². The summed E-state index contributed by atoms with van der Waals surface area (Å²) in [5.41, 5.74) is 8.68. The van der Waals surface area contributed by atoms with Gasteiger partial charge in [-0.15, -0.1) is 0 Å². The fraction of sp³-hybridized carbons (Fsp3) is 0.368. The molecule has 2 heteroatoms. The van der Waals surface area contributed by atoms with Crippen molar-refractivity contribution in [2.45, 2.75) is 39.3 Å². The minimum absolute atomic E-state index is 0.182. The Morgan fingerprint density at radius 1 is 0.905 bits per heavy atom. The van der Waals surface area contributed by atoms with Gasteiger partial charge in [0.25, 0.3) is 0 Å². The van der Waals surface area contributed by atoms with Crippen molar-refractivity contribution in [2.75, 3.05) is 0 Å². The van der Waals surface area contributed by atoms with E-state index in [4.69, 9.17) is 10.5 Å². The van der Waals surface area contributed by atoms with Crippen molar-refractivity contribution in [3.63, 3.8) is 0 Å². The molecule has 0 spiro atoms. The summed E-state index contributed by atoms with van der Waals surface area (Å²) in [5, 5.41) is 0. The average Bonchev–Trinajstić information content (AvgIpc) is 2.53. The number of nitrogens with two attached hydrogens (primary N) is 1. The molecule has 0 radical (unpaired) electrons. The molecule has 0 bridgehead atoms. The molecule has 112 valence electrons. The van der Waals surface area contributed by atoms with Crippen LogP contribution in [0.4, 0.5) is 0 Å². The summed E-state index contributed by atoms with van der Waals surface area (Å²) < 4.78 is 5.80. The van der Waals surface area contributed by atoms with Crippen LogP contribution in [0.25, 0.3) is 0 Å². The van der Waals surface area contributed by atoms with E-state index in [0.717, 1.165) is 5.75 Å². The Balaban J connectivity index is 1.96. The Kier molecular flexibility index (Phi) is 5.40. The maximum absolute atomic E-state index is 6.23. The van der Waals surface area contributed by atoms with Gasteiger partial charge in [0.1, 0.15) is 12.4 Å². The molecule has 0 fully saturated rings. The van der Waals surface area contributed by atoms with Crippen LogP contribution < -0.4 is 10.5 Å². The standard InChI is InChI=1S/C19H25NO/c1-14(2)19(20)15(3)17-9-11-18(12-10-17)21-13-16-7-5-4-6-8-16/h4-12,14-15,19H,13,20H2,1-3H3. The lowest BCUT2D eigenvalue weighted by Crippen LogP contribution is -2.32. The van der Waals surface area contributed by atoms with E-state index in [9.17, 15) is 0 Å². The van der Waals surface area contributed by atoms with Crippen LogP contribution in [0.3, 0.4) is 0 Å². The second-order valence-electron chi connectivity index (χ2n) is 5.95. The SMILES string of the molecule is CC(C)C(N)C(C)c1ccc(OCc2ccccc2)cc1. The van der Waals surface area contributed by atoms with E-state index in [-0.39, 0.29) is 6.04 Å². The second-order valence-corrected chi connectivity index (χ2v) is 5.95. The molecule has 21 heavy (non-hydrogen) atoms. The third kappa shape index (κ3) is 4.33.